The van der Waals surface area contributed by atoms with Crippen LogP contribution in [0, 0.1) is 0 Å². The van der Waals surface area contributed by atoms with Gasteiger partial charge in [0.25, 0.3) is 0 Å². The van der Waals surface area contributed by atoms with Crippen molar-refractivity contribution < 1.29 is 19.1 Å². The third kappa shape index (κ3) is 3.98. The highest BCUT2D eigenvalue weighted by Crippen LogP contribution is 2.33. The number of hydrogen-bond donors (Lipinski definition) is 3. The molecule has 0 fully saturated rings. The third-order valence-electron chi connectivity index (χ3n) is 3.64. The normalized spacial score (nSPS) is 13.2. The summed E-state index contributed by atoms with van der Waals surface area (Å²) in [6, 6.07) is 8.82. The number of hydrogen-bond acceptors (Lipinski definition) is 6. The van der Waals surface area contributed by atoms with E-state index in [0.29, 0.717) is 16.2 Å². The SMILES string of the molecule is O=C(NCc1ccco1)C(=O)NCC(O)(c1ccsc1)c1cccs1. The van der Waals surface area contributed by atoms with Crippen LogP contribution in [0.2, 0.25) is 0 Å². The van der Waals surface area contributed by atoms with Crippen molar-refractivity contribution in [3.05, 3.63) is 68.9 Å². The molecule has 0 saturated carbocycles. The molecule has 1 atom stereocenters. The second-order valence-electron chi connectivity index (χ2n) is 5.29. The molecule has 0 aliphatic heterocycles. The van der Waals surface area contributed by atoms with Crippen molar-refractivity contribution >= 4 is 34.5 Å². The van der Waals surface area contributed by atoms with Crippen molar-refractivity contribution in [2.24, 2.45) is 0 Å². The lowest BCUT2D eigenvalue weighted by Crippen LogP contribution is -2.46. The predicted octanol–water partition coefficient (Wildman–Crippen LogP) is 2.07. The molecule has 6 nitrogen and oxygen atoms in total. The van der Waals surface area contributed by atoms with E-state index in [1.807, 2.05) is 22.2 Å². The van der Waals surface area contributed by atoms with Gasteiger partial charge in [0.2, 0.25) is 0 Å². The first-order chi connectivity index (χ1) is 12.1. The smallest absolute Gasteiger partial charge is 0.309 e. The summed E-state index contributed by atoms with van der Waals surface area (Å²) in [4.78, 5) is 24.6. The van der Waals surface area contributed by atoms with Gasteiger partial charge in [0, 0.05) is 10.4 Å². The topological polar surface area (TPSA) is 91.6 Å². The summed E-state index contributed by atoms with van der Waals surface area (Å²) < 4.78 is 5.09. The Morgan fingerprint density at radius 1 is 1.12 bits per heavy atom. The molecule has 0 radical (unpaired) electrons. The Bertz CT molecular complexity index is 777. The number of aliphatic hydroxyl groups is 1. The summed E-state index contributed by atoms with van der Waals surface area (Å²) in [6.07, 6.45) is 1.49. The molecule has 3 heterocycles. The van der Waals surface area contributed by atoms with Gasteiger partial charge in [-0.15, -0.1) is 11.3 Å². The summed E-state index contributed by atoms with van der Waals surface area (Å²) in [5.41, 5.74) is -0.693. The lowest BCUT2D eigenvalue weighted by molar-refractivity contribution is -0.139. The molecule has 3 rings (SSSR count). The van der Waals surface area contributed by atoms with Crippen LogP contribution in [-0.2, 0) is 21.7 Å². The molecule has 8 heteroatoms. The summed E-state index contributed by atoms with van der Waals surface area (Å²) >= 11 is 2.84. The molecule has 0 bridgehead atoms. The van der Waals surface area contributed by atoms with Crippen molar-refractivity contribution in [3.63, 3.8) is 0 Å². The predicted molar refractivity (Wildman–Crippen MR) is 95.2 cm³/mol. The number of nitrogens with one attached hydrogen (secondary N) is 2. The Kier molecular flexibility index (Phi) is 5.32. The highest BCUT2D eigenvalue weighted by molar-refractivity contribution is 7.10. The van der Waals surface area contributed by atoms with Gasteiger partial charge in [0.15, 0.2) is 0 Å². The zero-order valence-electron chi connectivity index (χ0n) is 13.1. The van der Waals surface area contributed by atoms with Crippen molar-refractivity contribution in [1.82, 2.24) is 10.6 Å². The van der Waals surface area contributed by atoms with Gasteiger partial charge in [-0.25, -0.2) is 0 Å². The first-order valence-corrected chi connectivity index (χ1v) is 9.29. The van der Waals surface area contributed by atoms with E-state index < -0.39 is 17.4 Å². The van der Waals surface area contributed by atoms with Crippen molar-refractivity contribution in [3.8, 4) is 0 Å². The zero-order chi connectivity index (χ0) is 17.7. The van der Waals surface area contributed by atoms with Crippen molar-refractivity contribution in [2.75, 3.05) is 6.54 Å². The molecule has 0 spiro atoms. The van der Waals surface area contributed by atoms with E-state index in [-0.39, 0.29) is 13.1 Å². The number of rotatable bonds is 6. The fourth-order valence-corrected chi connectivity index (χ4v) is 3.86. The van der Waals surface area contributed by atoms with Crippen LogP contribution >= 0.6 is 22.7 Å². The molecule has 25 heavy (non-hydrogen) atoms. The maximum absolute atomic E-state index is 12.0. The monoisotopic (exact) mass is 376 g/mol. The van der Waals surface area contributed by atoms with Crippen LogP contribution in [0.5, 0.6) is 0 Å². The third-order valence-corrected chi connectivity index (χ3v) is 5.35. The van der Waals surface area contributed by atoms with Crippen molar-refractivity contribution in [2.45, 2.75) is 12.1 Å². The van der Waals surface area contributed by atoms with Crippen LogP contribution in [0.25, 0.3) is 0 Å². The van der Waals surface area contributed by atoms with Gasteiger partial charge in [-0.05, 0) is 40.4 Å². The molecule has 130 valence electrons. The Balaban J connectivity index is 1.63. The van der Waals surface area contributed by atoms with Crippen molar-refractivity contribution in [1.29, 1.82) is 0 Å². The average molecular weight is 376 g/mol. The molecule has 0 aliphatic rings. The lowest BCUT2D eigenvalue weighted by atomic mass is 9.94. The Labute approximate surface area is 152 Å². The van der Waals surface area contributed by atoms with Crippen LogP contribution in [-0.4, -0.2) is 23.5 Å². The van der Waals surface area contributed by atoms with Gasteiger partial charge in [-0.1, -0.05) is 6.07 Å². The van der Waals surface area contributed by atoms with E-state index in [9.17, 15) is 14.7 Å². The molecular formula is C17H16N2O4S2. The first kappa shape index (κ1) is 17.4. The molecule has 3 aromatic heterocycles. The largest absolute Gasteiger partial charge is 0.467 e. The zero-order valence-corrected chi connectivity index (χ0v) is 14.7. The fourth-order valence-electron chi connectivity index (χ4n) is 2.29. The Morgan fingerprint density at radius 3 is 2.60 bits per heavy atom. The van der Waals surface area contributed by atoms with Gasteiger partial charge >= 0.3 is 11.8 Å². The van der Waals surface area contributed by atoms with Gasteiger partial charge in [-0.2, -0.15) is 11.3 Å². The molecule has 2 amide bonds. The highest BCUT2D eigenvalue weighted by atomic mass is 32.1. The van der Waals surface area contributed by atoms with Crippen LogP contribution in [0.4, 0.5) is 0 Å². The number of thiophene rings is 2. The van der Waals surface area contributed by atoms with E-state index in [0.717, 1.165) is 0 Å². The van der Waals surface area contributed by atoms with Crippen LogP contribution < -0.4 is 10.6 Å². The van der Waals surface area contributed by atoms with E-state index in [1.54, 1.807) is 24.3 Å². The Hall–Kier alpha value is -2.42. The molecule has 0 aliphatic carbocycles. The van der Waals surface area contributed by atoms with Gasteiger partial charge < -0.3 is 20.2 Å². The van der Waals surface area contributed by atoms with E-state index >= 15 is 0 Å². The number of carbonyl (C=O) groups excluding carboxylic acids is 2. The van der Waals surface area contributed by atoms with Gasteiger partial charge in [-0.3, -0.25) is 9.59 Å². The summed E-state index contributed by atoms with van der Waals surface area (Å²) in [5, 5.41) is 21.6. The Morgan fingerprint density at radius 2 is 1.96 bits per heavy atom. The maximum atomic E-state index is 12.0. The van der Waals surface area contributed by atoms with E-state index in [1.165, 1.54) is 28.9 Å². The minimum absolute atomic E-state index is 0.0999. The van der Waals surface area contributed by atoms with E-state index in [2.05, 4.69) is 10.6 Å². The van der Waals surface area contributed by atoms with Gasteiger partial charge in [0.05, 0.1) is 19.4 Å². The fraction of sp³-hybridized carbons (Fsp3) is 0.176. The number of amides is 2. The lowest BCUT2D eigenvalue weighted by Gasteiger charge is -2.26. The standard InChI is InChI=1S/C17H16N2O4S2/c20-15(18-9-13-3-1-6-23-13)16(21)19-11-17(22,12-5-8-24-10-12)14-4-2-7-25-14/h1-8,10,22H,9,11H2,(H,18,20)(H,19,21). The molecule has 0 aromatic carbocycles. The minimum Gasteiger partial charge on any atom is -0.467 e. The summed E-state index contributed by atoms with van der Waals surface area (Å²) in [5.74, 6) is -1.04. The quantitative estimate of drug-likeness (QED) is 0.575. The average Bonchev–Trinajstić information content (AvgIpc) is 3.38. The van der Waals surface area contributed by atoms with E-state index in [4.69, 9.17) is 4.42 Å². The number of furan rings is 1. The van der Waals surface area contributed by atoms with Crippen LogP contribution in [0.3, 0.4) is 0 Å². The second-order valence-corrected chi connectivity index (χ2v) is 7.02. The van der Waals surface area contributed by atoms with Crippen LogP contribution in [0.1, 0.15) is 16.2 Å². The molecule has 0 saturated heterocycles. The molecular weight excluding hydrogens is 360 g/mol. The molecule has 3 N–H and O–H groups in total. The minimum atomic E-state index is -1.37. The maximum Gasteiger partial charge on any atom is 0.309 e. The highest BCUT2D eigenvalue weighted by Gasteiger charge is 2.34. The number of carbonyl (C=O) groups is 2. The van der Waals surface area contributed by atoms with Crippen LogP contribution in [0.15, 0.2) is 57.2 Å². The second kappa shape index (κ2) is 7.64. The first-order valence-electron chi connectivity index (χ1n) is 7.47. The summed E-state index contributed by atoms with van der Waals surface area (Å²) in [7, 11) is 0. The van der Waals surface area contributed by atoms with Gasteiger partial charge in [0.1, 0.15) is 11.4 Å². The summed E-state index contributed by atoms with van der Waals surface area (Å²) in [6.45, 7) is 0.0240. The molecule has 3 aromatic rings. The molecule has 1 unspecified atom stereocenters.